The van der Waals surface area contributed by atoms with Gasteiger partial charge in [-0.1, -0.05) is 13.0 Å². The number of rotatable bonds is 3. The first-order valence-electron chi connectivity index (χ1n) is 5.59. The van der Waals surface area contributed by atoms with Crippen LogP contribution in [0.25, 0.3) is 0 Å². The molecule has 0 aromatic heterocycles. The molecule has 1 N–H and O–H groups in total. The zero-order chi connectivity index (χ0) is 11.5. The van der Waals surface area contributed by atoms with Crippen molar-refractivity contribution in [2.45, 2.75) is 38.2 Å². The molecule has 0 aromatic carbocycles. The molecule has 3 nitrogen and oxygen atoms in total. The molecule has 2 atom stereocenters. The summed E-state index contributed by atoms with van der Waals surface area (Å²) in [4.78, 5) is 0. The highest BCUT2D eigenvalue weighted by molar-refractivity contribution is 5.93. The second kappa shape index (κ2) is 4.79. The van der Waals surface area contributed by atoms with Crippen LogP contribution in [0.15, 0.2) is 17.8 Å². The van der Waals surface area contributed by atoms with Gasteiger partial charge in [0.25, 0.3) is 0 Å². The second-order valence-electron chi connectivity index (χ2n) is 4.60. The van der Waals surface area contributed by atoms with Gasteiger partial charge in [0, 0.05) is 14.1 Å². The summed E-state index contributed by atoms with van der Waals surface area (Å²) in [5.41, 5.74) is 0.135. The fraction of sp³-hybridized carbons (Fsp3) is 0.750. The largest absolute Gasteiger partial charge is 0.383 e. The number of hydrogen-bond acceptors (Lipinski definition) is 3. The van der Waals surface area contributed by atoms with Crippen LogP contribution >= 0.6 is 0 Å². The van der Waals surface area contributed by atoms with E-state index in [1.54, 1.807) is 11.1 Å². The lowest BCUT2D eigenvalue weighted by Gasteiger charge is -2.39. The summed E-state index contributed by atoms with van der Waals surface area (Å²) in [6.45, 7) is 5.81. The lowest BCUT2D eigenvalue weighted by molar-refractivity contribution is 0.0411. The maximum Gasteiger partial charge on any atom is 0.110 e. The molecule has 0 spiro atoms. The fourth-order valence-electron chi connectivity index (χ4n) is 2.23. The smallest absolute Gasteiger partial charge is 0.110 e. The van der Waals surface area contributed by atoms with Crippen LogP contribution in [-0.2, 0) is 0 Å². The second-order valence-corrected chi connectivity index (χ2v) is 4.60. The van der Waals surface area contributed by atoms with E-state index in [2.05, 4.69) is 18.6 Å². The van der Waals surface area contributed by atoms with Crippen LogP contribution in [-0.4, -0.2) is 35.5 Å². The maximum absolute atomic E-state index is 10.6. The van der Waals surface area contributed by atoms with Crippen LogP contribution in [0.5, 0.6) is 0 Å². The minimum Gasteiger partial charge on any atom is -0.383 e. The van der Waals surface area contributed by atoms with Gasteiger partial charge in [0.05, 0.1) is 5.71 Å². The van der Waals surface area contributed by atoms with E-state index in [9.17, 15) is 5.11 Å². The molecule has 1 aliphatic rings. The Kier molecular flexibility index (Phi) is 3.91. The van der Waals surface area contributed by atoms with Gasteiger partial charge in [-0.25, -0.2) is 0 Å². The third-order valence-corrected chi connectivity index (χ3v) is 3.14. The predicted octanol–water partition coefficient (Wildman–Crippen LogP) is 2.03. The Balaban J connectivity index is 2.95. The normalized spacial score (nSPS) is 34.1. The summed E-state index contributed by atoms with van der Waals surface area (Å²) in [5, 5.41) is 16.8. The monoisotopic (exact) mass is 210 g/mol. The standard InChI is InChI=1S/C12H22N2O/c1-5-9-12(15)10(2)7-6-8-11(12)13-14(3)4/h5,10,15H,1,6-9H2,2-4H3/b13-11+/t10-,12-/m1/s1. The van der Waals surface area contributed by atoms with Crippen molar-refractivity contribution in [3.63, 3.8) is 0 Å². The number of hydrazone groups is 1. The Hall–Kier alpha value is -0.830. The average Bonchev–Trinajstić information content (AvgIpc) is 2.13. The van der Waals surface area contributed by atoms with Gasteiger partial charge >= 0.3 is 0 Å². The van der Waals surface area contributed by atoms with Crippen LogP contribution in [0.2, 0.25) is 0 Å². The van der Waals surface area contributed by atoms with Crippen molar-refractivity contribution in [2.24, 2.45) is 11.0 Å². The van der Waals surface area contributed by atoms with Crippen molar-refractivity contribution in [2.75, 3.05) is 14.1 Å². The van der Waals surface area contributed by atoms with E-state index in [4.69, 9.17) is 0 Å². The number of hydrogen-bond donors (Lipinski definition) is 1. The first kappa shape index (κ1) is 12.2. The quantitative estimate of drug-likeness (QED) is 0.571. The SMILES string of the molecule is C=CC[C@]1(O)/C(=N/N(C)C)CCC[C@H]1C. The van der Waals surface area contributed by atoms with Crippen molar-refractivity contribution in [3.05, 3.63) is 12.7 Å². The molecule has 0 saturated heterocycles. The average molecular weight is 210 g/mol. The zero-order valence-electron chi connectivity index (χ0n) is 10.0. The van der Waals surface area contributed by atoms with Crippen molar-refractivity contribution in [1.82, 2.24) is 5.01 Å². The van der Waals surface area contributed by atoms with Gasteiger partial charge in [0.15, 0.2) is 0 Å². The van der Waals surface area contributed by atoms with Crippen molar-refractivity contribution in [1.29, 1.82) is 0 Å². The third-order valence-electron chi connectivity index (χ3n) is 3.14. The Bertz CT molecular complexity index is 260. The molecule has 1 rings (SSSR count). The molecule has 0 amide bonds. The predicted molar refractivity (Wildman–Crippen MR) is 63.9 cm³/mol. The molecule has 86 valence electrons. The lowest BCUT2D eigenvalue weighted by Crippen LogP contribution is -2.47. The first-order valence-corrected chi connectivity index (χ1v) is 5.59. The van der Waals surface area contributed by atoms with E-state index in [-0.39, 0.29) is 5.92 Å². The summed E-state index contributed by atoms with van der Waals surface area (Å²) in [7, 11) is 3.78. The van der Waals surface area contributed by atoms with E-state index >= 15 is 0 Å². The van der Waals surface area contributed by atoms with Crippen molar-refractivity contribution in [3.8, 4) is 0 Å². The molecule has 0 bridgehead atoms. The number of aliphatic hydroxyl groups is 1. The van der Waals surface area contributed by atoms with Crippen LogP contribution < -0.4 is 0 Å². The summed E-state index contributed by atoms with van der Waals surface area (Å²) in [6, 6.07) is 0. The molecule has 0 aromatic rings. The molecular formula is C12H22N2O. The van der Waals surface area contributed by atoms with Crippen molar-refractivity contribution < 1.29 is 5.11 Å². The molecule has 1 fully saturated rings. The molecule has 0 heterocycles. The van der Waals surface area contributed by atoms with Gasteiger partial charge in [-0.2, -0.15) is 5.10 Å². The molecule has 1 aliphatic carbocycles. The van der Waals surface area contributed by atoms with Crippen molar-refractivity contribution >= 4 is 5.71 Å². The van der Waals surface area contributed by atoms with Gasteiger partial charge < -0.3 is 10.1 Å². The highest BCUT2D eigenvalue weighted by Crippen LogP contribution is 2.34. The van der Waals surface area contributed by atoms with Crippen LogP contribution in [0.1, 0.15) is 32.6 Å². The summed E-state index contributed by atoms with van der Waals surface area (Å²) in [6.07, 6.45) is 5.46. The topological polar surface area (TPSA) is 35.8 Å². The summed E-state index contributed by atoms with van der Waals surface area (Å²) < 4.78 is 0. The van der Waals surface area contributed by atoms with E-state index < -0.39 is 5.60 Å². The van der Waals surface area contributed by atoms with E-state index in [1.807, 2.05) is 14.1 Å². The zero-order valence-corrected chi connectivity index (χ0v) is 10.0. The Morgan fingerprint density at radius 1 is 1.67 bits per heavy atom. The summed E-state index contributed by atoms with van der Waals surface area (Å²) >= 11 is 0. The van der Waals surface area contributed by atoms with Gasteiger partial charge in [-0.3, -0.25) is 0 Å². The minimum absolute atomic E-state index is 0.267. The van der Waals surface area contributed by atoms with Gasteiger partial charge in [0.1, 0.15) is 5.60 Å². The third kappa shape index (κ3) is 2.59. The molecular weight excluding hydrogens is 188 g/mol. The van der Waals surface area contributed by atoms with Gasteiger partial charge in [-0.15, -0.1) is 6.58 Å². The van der Waals surface area contributed by atoms with Gasteiger partial charge in [-0.05, 0) is 31.6 Å². The molecule has 0 radical (unpaired) electrons. The van der Waals surface area contributed by atoms with Crippen LogP contribution in [0, 0.1) is 5.92 Å². The number of nitrogens with zero attached hydrogens (tertiary/aromatic N) is 2. The Morgan fingerprint density at radius 2 is 2.33 bits per heavy atom. The highest BCUT2D eigenvalue weighted by Gasteiger charge is 2.40. The Morgan fingerprint density at radius 3 is 2.87 bits per heavy atom. The molecule has 1 saturated carbocycles. The van der Waals surface area contributed by atoms with E-state index in [0.717, 1.165) is 25.0 Å². The molecule has 15 heavy (non-hydrogen) atoms. The maximum atomic E-state index is 10.6. The Labute approximate surface area is 92.5 Å². The van der Waals surface area contributed by atoms with E-state index in [1.165, 1.54) is 0 Å². The van der Waals surface area contributed by atoms with Crippen LogP contribution in [0.3, 0.4) is 0 Å². The summed E-state index contributed by atoms with van der Waals surface area (Å²) in [5.74, 6) is 0.267. The highest BCUT2D eigenvalue weighted by atomic mass is 16.3. The van der Waals surface area contributed by atoms with Gasteiger partial charge in [0.2, 0.25) is 0 Å². The first-order chi connectivity index (χ1) is 7.00. The minimum atomic E-state index is -0.774. The molecule has 3 heteroatoms. The van der Waals surface area contributed by atoms with E-state index in [0.29, 0.717) is 6.42 Å². The molecule has 0 aliphatic heterocycles. The van der Waals surface area contributed by atoms with Crippen LogP contribution in [0.4, 0.5) is 0 Å². The lowest BCUT2D eigenvalue weighted by atomic mass is 9.73. The molecule has 0 unspecified atom stereocenters. The fourth-order valence-corrected chi connectivity index (χ4v) is 2.23.